The zero-order valence-electron chi connectivity index (χ0n) is 20.2. The van der Waals surface area contributed by atoms with Gasteiger partial charge in [-0.1, -0.05) is 17.9 Å². The van der Waals surface area contributed by atoms with Gasteiger partial charge in [0.2, 0.25) is 0 Å². The molecule has 0 aliphatic heterocycles. The summed E-state index contributed by atoms with van der Waals surface area (Å²) < 4.78 is 10.9. The van der Waals surface area contributed by atoms with Gasteiger partial charge in [0, 0.05) is 31.8 Å². The Balaban J connectivity index is 1.46. The lowest BCUT2D eigenvalue weighted by atomic mass is 9.47. The van der Waals surface area contributed by atoms with Crippen LogP contribution in [0.15, 0.2) is 42.5 Å². The SMILES string of the molecule is COC(CCc1ccc(C#Cc2ccc(C(=O)O)cc2)cc1C12CC3CC(CC(C3)C1)C2)OC. The summed E-state index contributed by atoms with van der Waals surface area (Å²) in [6.07, 6.45) is 9.83. The van der Waals surface area contributed by atoms with Gasteiger partial charge >= 0.3 is 5.97 Å². The first kappa shape index (κ1) is 23.1. The first-order chi connectivity index (χ1) is 16.5. The molecule has 0 heterocycles. The molecule has 0 atom stereocenters. The van der Waals surface area contributed by atoms with Crippen molar-refractivity contribution in [3.8, 4) is 11.8 Å². The van der Waals surface area contributed by atoms with Gasteiger partial charge in [0.05, 0.1) is 5.56 Å². The number of hydrogen-bond donors (Lipinski definition) is 1. The molecule has 178 valence electrons. The van der Waals surface area contributed by atoms with E-state index in [0.29, 0.717) is 5.41 Å². The summed E-state index contributed by atoms with van der Waals surface area (Å²) in [5.41, 5.74) is 5.35. The highest BCUT2D eigenvalue weighted by Gasteiger charge is 2.52. The number of aromatic carboxylic acids is 1. The summed E-state index contributed by atoms with van der Waals surface area (Å²) in [4.78, 5) is 11.1. The first-order valence-electron chi connectivity index (χ1n) is 12.5. The minimum atomic E-state index is -0.917. The van der Waals surface area contributed by atoms with E-state index in [4.69, 9.17) is 14.6 Å². The third kappa shape index (κ3) is 4.65. The number of carboxylic acids is 1. The molecule has 4 fully saturated rings. The van der Waals surface area contributed by atoms with Crippen molar-refractivity contribution in [3.05, 3.63) is 70.3 Å². The lowest BCUT2D eigenvalue weighted by Gasteiger charge is -2.57. The summed E-state index contributed by atoms with van der Waals surface area (Å²) in [6.45, 7) is 0. The van der Waals surface area contributed by atoms with Crippen molar-refractivity contribution in [3.63, 3.8) is 0 Å². The van der Waals surface area contributed by atoms with Crippen LogP contribution in [0.25, 0.3) is 0 Å². The Morgan fingerprint density at radius 3 is 2.06 bits per heavy atom. The Labute approximate surface area is 202 Å². The van der Waals surface area contributed by atoms with Crippen molar-refractivity contribution in [2.45, 2.75) is 63.1 Å². The fraction of sp³-hybridized carbons (Fsp3) is 0.500. The highest BCUT2D eigenvalue weighted by atomic mass is 16.7. The van der Waals surface area contributed by atoms with Crippen LogP contribution in [0.4, 0.5) is 0 Å². The minimum absolute atomic E-state index is 0.183. The quantitative estimate of drug-likeness (QED) is 0.421. The first-order valence-corrected chi connectivity index (χ1v) is 12.5. The number of ether oxygens (including phenoxy) is 2. The van der Waals surface area contributed by atoms with Crippen LogP contribution in [-0.2, 0) is 21.3 Å². The van der Waals surface area contributed by atoms with Gasteiger partial charge in [-0.25, -0.2) is 4.79 Å². The zero-order chi connectivity index (χ0) is 23.7. The number of methoxy groups -OCH3 is 2. The molecule has 4 bridgehead atoms. The summed E-state index contributed by atoms with van der Waals surface area (Å²) >= 11 is 0. The Morgan fingerprint density at radius 1 is 0.941 bits per heavy atom. The third-order valence-electron chi connectivity index (χ3n) is 8.38. The van der Waals surface area contributed by atoms with Crippen LogP contribution in [0.1, 0.15) is 77.6 Å². The van der Waals surface area contributed by atoms with E-state index < -0.39 is 5.97 Å². The molecule has 0 aromatic heterocycles. The Hall–Kier alpha value is -2.61. The molecule has 4 saturated carbocycles. The molecule has 4 aliphatic rings. The summed E-state index contributed by atoms with van der Waals surface area (Å²) in [5.74, 6) is 8.31. The average Bonchev–Trinajstić information content (AvgIpc) is 2.83. The lowest BCUT2D eigenvalue weighted by Crippen LogP contribution is -2.49. The summed E-state index contributed by atoms with van der Waals surface area (Å²) in [6, 6.07) is 13.5. The number of rotatable bonds is 7. The Bertz CT molecular complexity index is 1070. The van der Waals surface area contributed by atoms with E-state index in [9.17, 15) is 4.79 Å². The highest BCUT2D eigenvalue weighted by Crippen LogP contribution is 2.61. The van der Waals surface area contributed by atoms with Crippen LogP contribution in [0.2, 0.25) is 0 Å². The maximum absolute atomic E-state index is 11.1. The summed E-state index contributed by atoms with van der Waals surface area (Å²) in [5, 5.41) is 9.11. The fourth-order valence-electron chi connectivity index (χ4n) is 7.25. The van der Waals surface area contributed by atoms with Crippen molar-refractivity contribution >= 4 is 5.97 Å². The molecule has 2 aromatic carbocycles. The van der Waals surface area contributed by atoms with Crippen LogP contribution in [0.5, 0.6) is 0 Å². The predicted molar refractivity (Wildman–Crippen MR) is 132 cm³/mol. The molecule has 0 amide bonds. The molecule has 1 N–H and O–H groups in total. The smallest absolute Gasteiger partial charge is 0.335 e. The zero-order valence-corrected chi connectivity index (χ0v) is 20.2. The lowest BCUT2D eigenvalue weighted by molar-refractivity contribution is -0.105. The van der Waals surface area contributed by atoms with Crippen molar-refractivity contribution in [1.82, 2.24) is 0 Å². The van der Waals surface area contributed by atoms with Gasteiger partial charge in [0.1, 0.15) is 0 Å². The molecule has 2 aromatic rings. The third-order valence-corrected chi connectivity index (χ3v) is 8.38. The predicted octanol–water partition coefficient (Wildman–Crippen LogP) is 5.80. The highest BCUT2D eigenvalue weighted by molar-refractivity contribution is 5.87. The number of carboxylic acid groups (broad SMARTS) is 1. The second-order valence-electron chi connectivity index (χ2n) is 10.6. The van der Waals surface area contributed by atoms with Gasteiger partial charge in [0.15, 0.2) is 6.29 Å². The number of aryl methyl sites for hydroxylation is 1. The fourth-order valence-corrected chi connectivity index (χ4v) is 7.25. The van der Waals surface area contributed by atoms with E-state index >= 15 is 0 Å². The number of benzene rings is 2. The average molecular weight is 459 g/mol. The molecule has 0 spiro atoms. The van der Waals surface area contributed by atoms with Crippen molar-refractivity contribution in [2.24, 2.45) is 17.8 Å². The molecule has 4 nitrogen and oxygen atoms in total. The van der Waals surface area contributed by atoms with Gasteiger partial charge in [-0.05, 0) is 116 Å². The van der Waals surface area contributed by atoms with E-state index in [-0.39, 0.29) is 11.9 Å². The van der Waals surface area contributed by atoms with Crippen molar-refractivity contribution < 1.29 is 19.4 Å². The molecule has 0 radical (unpaired) electrons. The maximum Gasteiger partial charge on any atom is 0.335 e. The molecule has 6 rings (SSSR count). The van der Waals surface area contributed by atoms with Crippen LogP contribution in [0.3, 0.4) is 0 Å². The Kier molecular flexibility index (Phi) is 6.51. The molecule has 0 saturated heterocycles. The topological polar surface area (TPSA) is 55.8 Å². The largest absolute Gasteiger partial charge is 0.478 e. The Morgan fingerprint density at radius 2 is 1.50 bits per heavy atom. The van der Waals surface area contributed by atoms with E-state index in [1.807, 2.05) is 0 Å². The second kappa shape index (κ2) is 9.56. The molecular formula is C30H34O4. The molecule has 4 heteroatoms. The van der Waals surface area contributed by atoms with Crippen molar-refractivity contribution in [2.75, 3.05) is 14.2 Å². The van der Waals surface area contributed by atoms with Gasteiger partial charge in [-0.3, -0.25) is 0 Å². The molecule has 4 aliphatic carbocycles. The van der Waals surface area contributed by atoms with E-state index in [1.54, 1.807) is 38.5 Å². The van der Waals surface area contributed by atoms with Crippen LogP contribution in [0, 0.1) is 29.6 Å². The molecule has 34 heavy (non-hydrogen) atoms. The summed E-state index contributed by atoms with van der Waals surface area (Å²) in [7, 11) is 3.41. The molecule has 0 unspecified atom stereocenters. The van der Waals surface area contributed by atoms with Crippen LogP contribution in [-0.4, -0.2) is 31.6 Å². The van der Waals surface area contributed by atoms with Gasteiger partial charge in [-0.15, -0.1) is 0 Å². The van der Waals surface area contributed by atoms with E-state index in [1.165, 1.54) is 49.7 Å². The standard InChI is InChI=1S/C30H34O4/c1-33-28(34-2)12-11-25-8-7-21(4-3-20-5-9-26(10-6-20)29(31)32)16-27(25)30-17-22-13-23(18-30)15-24(14-22)19-30/h5-10,16,22-24,28H,11-15,17-19H2,1-2H3,(H,31,32). The monoisotopic (exact) mass is 458 g/mol. The maximum atomic E-state index is 11.1. The van der Waals surface area contributed by atoms with E-state index in [2.05, 4.69) is 30.0 Å². The van der Waals surface area contributed by atoms with E-state index in [0.717, 1.165) is 41.7 Å². The number of hydrogen-bond acceptors (Lipinski definition) is 3. The van der Waals surface area contributed by atoms with Crippen LogP contribution >= 0.6 is 0 Å². The van der Waals surface area contributed by atoms with Gasteiger partial charge < -0.3 is 14.6 Å². The minimum Gasteiger partial charge on any atom is -0.478 e. The van der Waals surface area contributed by atoms with Gasteiger partial charge in [-0.2, -0.15) is 0 Å². The van der Waals surface area contributed by atoms with Crippen molar-refractivity contribution in [1.29, 1.82) is 0 Å². The van der Waals surface area contributed by atoms with Crippen LogP contribution < -0.4 is 0 Å². The normalized spacial score (nSPS) is 27.0. The van der Waals surface area contributed by atoms with Gasteiger partial charge in [0.25, 0.3) is 0 Å². The second-order valence-corrected chi connectivity index (χ2v) is 10.6. The molecular weight excluding hydrogens is 424 g/mol. The number of carbonyl (C=O) groups is 1.